The van der Waals surface area contributed by atoms with Gasteiger partial charge in [-0.05, 0) is 60.7 Å². The molecule has 0 fully saturated rings. The summed E-state index contributed by atoms with van der Waals surface area (Å²) in [5.41, 5.74) is 1.12. The third-order valence-corrected chi connectivity index (χ3v) is 5.45. The summed E-state index contributed by atoms with van der Waals surface area (Å²) in [5, 5.41) is 3.11. The second-order valence-corrected chi connectivity index (χ2v) is 7.95. The maximum absolute atomic E-state index is 12.6. The monoisotopic (exact) mass is 416 g/mol. The van der Waals surface area contributed by atoms with Gasteiger partial charge in [-0.1, -0.05) is 23.7 Å². The van der Waals surface area contributed by atoms with Gasteiger partial charge in [-0.2, -0.15) is 0 Å². The molecule has 0 saturated carbocycles. The van der Waals surface area contributed by atoms with E-state index in [1.807, 2.05) is 0 Å². The first-order chi connectivity index (χ1) is 13.4. The van der Waals surface area contributed by atoms with Crippen LogP contribution >= 0.6 is 11.6 Å². The average Bonchev–Trinajstić information content (AvgIpc) is 2.68. The molecule has 0 aliphatic rings. The highest BCUT2D eigenvalue weighted by Crippen LogP contribution is 2.22. The predicted molar refractivity (Wildman–Crippen MR) is 110 cm³/mol. The number of sulfonamides is 1. The number of halogens is 1. The largest absolute Gasteiger partial charge is 0.497 e. The van der Waals surface area contributed by atoms with Gasteiger partial charge in [0, 0.05) is 22.0 Å². The summed E-state index contributed by atoms with van der Waals surface area (Å²) in [5.74, 6) is 0.230. The molecular formula is C20H17ClN2O4S. The molecule has 0 heterocycles. The third kappa shape index (κ3) is 4.82. The van der Waals surface area contributed by atoms with Crippen LogP contribution in [0.3, 0.4) is 0 Å². The van der Waals surface area contributed by atoms with E-state index >= 15 is 0 Å². The topological polar surface area (TPSA) is 84.5 Å². The van der Waals surface area contributed by atoms with Crippen LogP contribution in [-0.2, 0) is 10.0 Å². The predicted octanol–water partition coefficient (Wildman–Crippen LogP) is 4.40. The zero-order valence-electron chi connectivity index (χ0n) is 14.8. The molecule has 3 rings (SSSR count). The zero-order valence-corrected chi connectivity index (χ0v) is 16.4. The fourth-order valence-corrected chi connectivity index (χ4v) is 3.74. The van der Waals surface area contributed by atoms with Gasteiger partial charge in [0.05, 0.1) is 12.0 Å². The second kappa shape index (κ2) is 8.33. The molecule has 0 unspecified atom stereocenters. The number of rotatable bonds is 6. The van der Waals surface area contributed by atoms with Crippen LogP contribution < -0.4 is 14.8 Å². The molecule has 2 N–H and O–H groups in total. The van der Waals surface area contributed by atoms with Crippen LogP contribution in [0, 0.1) is 0 Å². The number of ether oxygens (including phenoxy) is 1. The van der Waals surface area contributed by atoms with Crippen LogP contribution in [0.5, 0.6) is 5.75 Å². The maximum atomic E-state index is 12.6. The second-order valence-electron chi connectivity index (χ2n) is 5.83. The van der Waals surface area contributed by atoms with Crippen molar-refractivity contribution in [1.29, 1.82) is 0 Å². The van der Waals surface area contributed by atoms with Crippen LogP contribution in [0.2, 0.25) is 5.02 Å². The van der Waals surface area contributed by atoms with Gasteiger partial charge in [0.25, 0.3) is 15.9 Å². The number of benzene rings is 3. The molecule has 28 heavy (non-hydrogen) atoms. The summed E-state index contributed by atoms with van der Waals surface area (Å²) in [6.45, 7) is 0. The van der Waals surface area contributed by atoms with E-state index in [2.05, 4.69) is 10.0 Å². The highest BCUT2D eigenvalue weighted by atomic mass is 35.5. The molecule has 0 bridgehead atoms. The Kier molecular flexibility index (Phi) is 5.87. The number of methoxy groups -OCH3 is 1. The molecule has 0 saturated heterocycles. The van der Waals surface area contributed by atoms with Crippen LogP contribution in [-0.4, -0.2) is 21.4 Å². The Balaban J connectivity index is 1.78. The number of nitrogens with one attached hydrogen (secondary N) is 2. The molecule has 3 aromatic carbocycles. The standard InChI is InChI=1S/C20H17ClN2O4S/c1-27-18-10-8-16(9-11-18)23-28(25,26)19-7-3-6-17(13-19)22-20(24)14-4-2-5-15(21)12-14/h2-13,23H,1H3,(H,22,24). The molecule has 144 valence electrons. The summed E-state index contributed by atoms with van der Waals surface area (Å²) in [4.78, 5) is 12.4. The summed E-state index contributed by atoms with van der Waals surface area (Å²) >= 11 is 5.90. The van der Waals surface area contributed by atoms with Crippen LogP contribution in [0.25, 0.3) is 0 Å². The molecule has 3 aromatic rings. The van der Waals surface area contributed by atoms with E-state index in [0.717, 1.165) is 0 Å². The molecule has 0 aliphatic heterocycles. The van der Waals surface area contributed by atoms with Gasteiger partial charge in [0.1, 0.15) is 5.75 Å². The number of hydrogen-bond donors (Lipinski definition) is 2. The van der Waals surface area contributed by atoms with Gasteiger partial charge >= 0.3 is 0 Å². The van der Waals surface area contributed by atoms with Crippen molar-refractivity contribution in [2.45, 2.75) is 4.90 Å². The Morgan fingerprint density at radius 2 is 1.64 bits per heavy atom. The first-order valence-corrected chi connectivity index (χ1v) is 10.1. The zero-order chi connectivity index (χ0) is 20.1. The lowest BCUT2D eigenvalue weighted by Crippen LogP contribution is -2.15. The van der Waals surface area contributed by atoms with Gasteiger partial charge in [0.2, 0.25) is 0 Å². The number of carbonyl (C=O) groups excluding carboxylic acids is 1. The van der Waals surface area contributed by atoms with Crippen molar-refractivity contribution in [3.05, 3.63) is 83.4 Å². The number of anilines is 2. The van der Waals surface area contributed by atoms with E-state index in [-0.39, 0.29) is 10.8 Å². The molecule has 0 aliphatic carbocycles. The molecule has 8 heteroatoms. The van der Waals surface area contributed by atoms with Crippen molar-refractivity contribution in [2.75, 3.05) is 17.1 Å². The first-order valence-electron chi connectivity index (χ1n) is 8.21. The number of carbonyl (C=O) groups is 1. The maximum Gasteiger partial charge on any atom is 0.261 e. The van der Waals surface area contributed by atoms with Crippen LogP contribution in [0.4, 0.5) is 11.4 Å². The van der Waals surface area contributed by atoms with E-state index < -0.39 is 10.0 Å². The van der Waals surface area contributed by atoms with Gasteiger partial charge in [0.15, 0.2) is 0 Å². The van der Waals surface area contributed by atoms with E-state index in [4.69, 9.17) is 16.3 Å². The lowest BCUT2D eigenvalue weighted by molar-refractivity contribution is 0.102. The van der Waals surface area contributed by atoms with Gasteiger partial charge in [-0.15, -0.1) is 0 Å². The van der Waals surface area contributed by atoms with Crippen molar-refractivity contribution in [3.8, 4) is 5.75 Å². The van der Waals surface area contributed by atoms with Gasteiger partial charge < -0.3 is 10.1 Å². The minimum Gasteiger partial charge on any atom is -0.497 e. The van der Waals surface area contributed by atoms with Crippen molar-refractivity contribution in [3.63, 3.8) is 0 Å². The molecule has 0 aromatic heterocycles. The van der Waals surface area contributed by atoms with Crippen LogP contribution in [0.15, 0.2) is 77.7 Å². The Morgan fingerprint density at radius 3 is 2.32 bits per heavy atom. The van der Waals surface area contributed by atoms with Crippen molar-refractivity contribution < 1.29 is 17.9 Å². The molecule has 6 nitrogen and oxygen atoms in total. The van der Waals surface area contributed by atoms with Crippen molar-refractivity contribution in [2.24, 2.45) is 0 Å². The Hall–Kier alpha value is -3.03. The molecule has 0 radical (unpaired) electrons. The first kappa shape index (κ1) is 19.7. The lowest BCUT2D eigenvalue weighted by Gasteiger charge is -2.11. The van der Waals surface area contributed by atoms with E-state index in [0.29, 0.717) is 27.7 Å². The normalized spacial score (nSPS) is 10.9. The summed E-state index contributed by atoms with van der Waals surface area (Å²) in [6, 6.07) is 19.0. The quantitative estimate of drug-likeness (QED) is 0.623. The summed E-state index contributed by atoms with van der Waals surface area (Å²) < 4.78 is 32.8. The molecule has 0 spiro atoms. The summed E-state index contributed by atoms with van der Waals surface area (Å²) in [7, 11) is -2.30. The highest BCUT2D eigenvalue weighted by Gasteiger charge is 2.16. The van der Waals surface area contributed by atoms with E-state index in [1.54, 1.807) is 54.6 Å². The van der Waals surface area contributed by atoms with Crippen LogP contribution in [0.1, 0.15) is 10.4 Å². The fourth-order valence-electron chi connectivity index (χ4n) is 2.45. The Labute approximate surface area is 168 Å². The van der Waals surface area contributed by atoms with E-state index in [1.165, 1.54) is 25.3 Å². The number of amides is 1. The van der Waals surface area contributed by atoms with Gasteiger partial charge in [-0.25, -0.2) is 8.42 Å². The number of hydrogen-bond acceptors (Lipinski definition) is 4. The minimum absolute atomic E-state index is 0.0206. The Morgan fingerprint density at radius 1 is 0.929 bits per heavy atom. The molecule has 0 atom stereocenters. The average molecular weight is 417 g/mol. The van der Waals surface area contributed by atoms with Crippen molar-refractivity contribution in [1.82, 2.24) is 0 Å². The SMILES string of the molecule is COc1ccc(NS(=O)(=O)c2cccc(NC(=O)c3cccc(Cl)c3)c2)cc1. The van der Waals surface area contributed by atoms with E-state index in [9.17, 15) is 13.2 Å². The smallest absolute Gasteiger partial charge is 0.261 e. The minimum atomic E-state index is -3.83. The lowest BCUT2D eigenvalue weighted by atomic mass is 10.2. The molecular weight excluding hydrogens is 400 g/mol. The fraction of sp³-hybridized carbons (Fsp3) is 0.0500. The molecule has 1 amide bonds. The highest BCUT2D eigenvalue weighted by molar-refractivity contribution is 7.92. The summed E-state index contributed by atoms with van der Waals surface area (Å²) in [6.07, 6.45) is 0. The van der Waals surface area contributed by atoms with Gasteiger partial charge in [-0.3, -0.25) is 9.52 Å². The Bertz CT molecular complexity index is 1100. The third-order valence-electron chi connectivity index (χ3n) is 3.83. The van der Waals surface area contributed by atoms with Crippen molar-refractivity contribution >= 4 is 38.9 Å².